The second-order valence-electron chi connectivity index (χ2n) is 4.94. The van der Waals surface area contributed by atoms with E-state index in [0.717, 1.165) is 11.3 Å². The van der Waals surface area contributed by atoms with Crippen molar-refractivity contribution in [1.29, 1.82) is 0 Å². The van der Waals surface area contributed by atoms with Gasteiger partial charge >= 0.3 is 6.18 Å². The van der Waals surface area contributed by atoms with E-state index in [2.05, 4.69) is 4.98 Å². The molecule has 0 radical (unpaired) electrons. The summed E-state index contributed by atoms with van der Waals surface area (Å²) in [6.07, 6.45) is -3.89. The minimum absolute atomic E-state index is 0.0879. The van der Waals surface area contributed by atoms with Gasteiger partial charge in [-0.15, -0.1) is 0 Å². The molecule has 1 fully saturated rings. The zero-order valence-corrected chi connectivity index (χ0v) is 10.7. The lowest BCUT2D eigenvalue weighted by Gasteiger charge is -2.33. The van der Waals surface area contributed by atoms with Crippen LogP contribution in [0, 0.1) is 12.8 Å². The Morgan fingerprint density at radius 3 is 2.47 bits per heavy atom. The summed E-state index contributed by atoms with van der Waals surface area (Å²) >= 11 is 0. The monoisotopic (exact) mass is 274 g/mol. The van der Waals surface area contributed by atoms with Crippen LogP contribution in [0.5, 0.6) is 0 Å². The number of pyridine rings is 1. The largest absolute Gasteiger partial charge is 0.392 e. The van der Waals surface area contributed by atoms with Gasteiger partial charge in [0, 0.05) is 18.8 Å². The molecule has 106 valence electrons. The SMILES string of the molecule is Cc1cc(CO)cc(N2CCC(C(F)(F)F)CC2)n1. The molecule has 0 bridgehead atoms. The fourth-order valence-electron chi connectivity index (χ4n) is 2.41. The van der Waals surface area contributed by atoms with Crippen LogP contribution in [0.4, 0.5) is 19.0 Å². The zero-order chi connectivity index (χ0) is 14.0. The molecule has 1 aliphatic heterocycles. The highest BCUT2D eigenvalue weighted by Gasteiger charge is 2.41. The second-order valence-corrected chi connectivity index (χ2v) is 4.94. The average molecular weight is 274 g/mol. The molecule has 0 aromatic carbocycles. The Morgan fingerprint density at radius 2 is 1.95 bits per heavy atom. The van der Waals surface area contributed by atoms with Crippen molar-refractivity contribution < 1.29 is 18.3 Å². The number of hydrogen-bond acceptors (Lipinski definition) is 3. The molecular formula is C13H17F3N2O. The molecule has 1 saturated heterocycles. The van der Waals surface area contributed by atoms with E-state index in [4.69, 9.17) is 5.11 Å². The number of aromatic nitrogens is 1. The third-order valence-electron chi connectivity index (χ3n) is 3.46. The third kappa shape index (κ3) is 3.37. The van der Waals surface area contributed by atoms with Crippen molar-refractivity contribution in [3.05, 3.63) is 23.4 Å². The number of hydrogen-bond donors (Lipinski definition) is 1. The van der Waals surface area contributed by atoms with Crippen molar-refractivity contribution in [3.8, 4) is 0 Å². The van der Waals surface area contributed by atoms with E-state index in [1.807, 2.05) is 11.8 Å². The highest BCUT2D eigenvalue weighted by Crippen LogP contribution is 2.35. The van der Waals surface area contributed by atoms with Crippen LogP contribution in [0.15, 0.2) is 12.1 Å². The second kappa shape index (κ2) is 5.36. The van der Waals surface area contributed by atoms with Crippen molar-refractivity contribution in [3.63, 3.8) is 0 Å². The zero-order valence-electron chi connectivity index (χ0n) is 10.7. The number of aryl methyl sites for hydroxylation is 1. The molecule has 0 unspecified atom stereocenters. The summed E-state index contributed by atoms with van der Waals surface area (Å²) in [5.41, 5.74) is 1.50. The van der Waals surface area contributed by atoms with E-state index in [1.54, 1.807) is 12.1 Å². The lowest BCUT2D eigenvalue weighted by Crippen LogP contribution is -2.39. The smallest absolute Gasteiger partial charge is 0.391 e. The molecule has 0 spiro atoms. The number of alkyl halides is 3. The standard InChI is InChI=1S/C13H17F3N2O/c1-9-6-10(8-19)7-12(17-9)18-4-2-11(3-5-18)13(14,15)16/h6-7,11,19H,2-5,8H2,1H3. The van der Waals surface area contributed by atoms with Crippen molar-refractivity contribution in [2.45, 2.75) is 32.5 Å². The van der Waals surface area contributed by atoms with Crippen LogP contribution >= 0.6 is 0 Å². The van der Waals surface area contributed by atoms with Crippen LogP contribution in [0.25, 0.3) is 0 Å². The molecule has 2 heterocycles. The molecule has 1 aromatic rings. The van der Waals surface area contributed by atoms with E-state index in [0.29, 0.717) is 18.9 Å². The number of rotatable bonds is 2. The highest BCUT2D eigenvalue weighted by molar-refractivity contribution is 5.43. The van der Waals surface area contributed by atoms with Gasteiger partial charge in [0.25, 0.3) is 0 Å². The fraction of sp³-hybridized carbons (Fsp3) is 0.615. The van der Waals surface area contributed by atoms with Crippen LogP contribution < -0.4 is 4.90 Å². The van der Waals surface area contributed by atoms with Gasteiger partial charge in [-0.2, -0.15) is 13.2 Å². The first-order chi connectivity index (χ1) is 8.90. The van der Waals surface area contributed by atoms with Gasteiger partial charge in [-0.3, -0.25) is 0 Å². The third-order valence-corrected chi connectivity index (χ3v) is 3.46. The average Bonchev–Trinajstić information content (AvgIpc) is 2.37. The summed E-state index contributed by atoms with van der Waals surface area (Å²) in [4.78, 5) is 6.18. The first-order valence-electron chi connectivity index (χ1n) is 6.30. The quantitative estimate of drug-likeness (QED) is 0.900. The summed E-state index contributed by atoms with van der Waals surface area (Å²) in [7, 11) is 0. The van der Waals surface area contributed by atoms with Crippen LogP contribution in [0.1, 0.15) is 24.1 Å². The van der Waals surface area contributed by atoms with Crippen molar-refractivity contribution in [2.24, 2.45) is 5.92 Å². The maximum absolute atomic E-state index is 12.6. The maximum atomic E-state index is 12.6. The first-order valence-corrected chi connectivity index (χ1v) is 6.30. The van der Waals surface area contributed by atoms with Gasteiger partial charge in [0.1, 0.15) is 5.82 Å². The number of nitrogens with zero attached hydrogens (tertiary/aromatic N) is 2. The molecule has 3 nitrogen and oxygen atoms in total. The molecule has 0 amide bonds. The van der Waals surface area contributed by atoms with Crippen LogP contribution in [0.3, 0.4) is 0 Å². The molecule has 0 atom stereocenters. The summed E-state index contributed by atoms with van der Waals surface area (Å²) in [6, 6.07) is 3.51. The maximum Gasteiger partial charge on any atom is 0.391 e. The Hall–Kier alpha value is -1.30. The topological polar surface area (TPSA) is 36.4 Å². The normalized spacial score (nSPS) is 17.8. The Morgan fingerprint density at radius 1 is 1.32 bits per heavy atom. The summed E-state index contributed by atoms with van der Waals surface area (Å²) in [6.45, 7) is 2.43. The van der Waals surface area contributed by atoms with Crippen molar-refractivity contribution in [1.82, 2.24) is 4.98 Å². The lowest BCUT2D eigenvalue weighted by atomic mass is 9.96. The summed E-state index contributed by atoms with van der Waals surface area (Å²) < 4.78 is 37.8. The van der Waals surface area contributed by atoms with Crippen molar-refractivity contribution >= 4 is 5.82 Å². The molecule has 6 heteroatoms. The minimum atomic E-state index is -4.09. The molecule has 0 aliphatic carbocycles. The number of aliphatic hydroxyl groups is 1. The number of aliphatic hydroxyl groups excluding tert-OH is 1. The Kier molecular flexibility index (Phi) is 3.99. The molecule has 1 aliphatic rings. The van der Waals surface area contributed by atoms with Gasteiger partial charge in [0.05, 0.1) is 12.5 Å². The van der Waals surface area contributed by atoms with Gasteiger partial charge in [-0.1, -0.05) is 0 Å². The van der Waals surface area contributed by atoms with Crippen LogP contribution in [-0.2, 0) is 6.61 Å². The molecule has 2 rings (SSSR count). The minimum Gasteiger partial charge on any atom is -0.392 e. The molecule has 19 heavy (non-hydrogen) atoms. The van der Waals surface area contributed by atoms with E-state index in [9.17, 15) is 13.2 Å². The Balaban J connectivity index is 2.07. The summed E-state index contributed by atoms with van der Waals surface area (Å²) in [5, 5.41) is 9.14. The van der Waals surface area contributed by atoms with Crippen molar-refractivity contribution in [2.75, 3.05) is 18.0 Å². The van der Waals surface area contributed by atoms with E-state index in [-0.39, 0.29) is 19.4 Å². The molecular weight excluding hydrogens is 257 g/mol. The highest BCUT2D eigenvalue weighted by atomic mass is 19.4. The van der Waals surface area contributed by atoms with Gasteiger partial charge in [0.15, 0.2) is 0 Å². The number of piperidine rings is 1. The van der Waals surface area contributed by atoms with E-state index in [1.165, 1.54) is 0 Å². The first kappa shape index (κ1) is 14.1. The van der Waals surface area contributed by atoms with Gasteiger partial charge < -0.3 is 10.0 Å². The molecule has 1 N–H and O–H groups in total. The molecule has 0 saturated carbocycles. The number of halogens is 3. The predicted octanol–water partition coefficient (Wildman–Crippen LogP) is 2.66. The van der Waals surface area contributed by atoms with Gasteiger partial charge in [-0.25, -0.2) is 4.98 Å². The van der Waals surface area contributed by atoms with E-state index >= 15 is 0 Å². The Bertz CT molecular complexity index is 440. The fourth-order valence-corrected chi connectivity index (χ4v) is 2.41. The van der Waals surface area contributed by atoms with E-state index < -0.39 is 12.1 Å². The van der Waals surface area contributed by atoms with Crippen LogP contribution in [-0.4, -0.2) is 29.4 Å². The number of anilines is 1. The van der Waals surface area contributed by atoms with Gasteiger partial charge in [0.2, 0.25) is 0 Å². The summed E-state index contributed by atoms with van der Waals surface area (Å²) in [5.74, 6) is -0.546. The predicted molar refractivity (Wildman–Crippen MR) is 65.9 cm³/mol. The molecule has 1 aromatic heterocycles. The lowest BCUT2D eigenvalue weighted by molar-refractivity contribution is -0.179. The van der Waals surface area contributed by atoms with Crippen LogP contribution in [0.2, 0.25) is 0 Å². The van der Waals surface area contributed by atoms with Gasteiger partial charge in [-0.05, 0) is 37.5 Å². The Labute approximate surface area is 110 Å².